The summed E-state index contributed by atoms with van der Waals surface area (Å²) in [5.41, 5.74) is 2.85. The van der Waals surface area contributed by atoms with Crippen LogP contribution in [0, 0.1) is 0 Å². The van der Waals surface area contributed by atoms with Crippen LogP contribution in [0.25, 0.3) is 0 Å². The Kier molecular flexibility index (Phi) is 5.12. The smallest absolute Gasteiger partial charge is 0.0323 e. The molecule has 0 saturated heterocycles. The van der Waals surface area contributed by atoms with Gasteiger partial charge in [-0.25, -0.2) is 0 Å². The normalized spacial score (nSPS) is 15.4. The van der Waals surface area contributed by atoms with Crippen molar-refractivity contribution in [3.8, 4) is 0 Å². The van der Waals surface area contributed by atoms with Crippen molar-refractivity contribution in [2.24, 2.45) is 0 Å². The van der Waals surface area contributed by atoms with E-state index >= 15 is 0 Å². The van der Waals surface area contributed by atoms with Crippen molar-refractivity contribution in [2.75, 3.05) is 28.2 Å². The number of benzene rings is 1. The standard InChI is InChI=1S/C14H25N2P/c1-10(15(3)4)12-8-7-9-13(17)14(12)11(2)16(5)6/h7-11H,17H2,1-6H3. The molecule has 0 aliphatic heterocycles. The highest BCUT2D eigenvalue weighted by Gasteiger charge is 2.19. The SMILES string of the molecule is CC(c1cccc(P)c1C(C)N(C)C)N(C)C. The molecule has 0 N–H and O–H groups in total. The van der Waals surface area contributed by atoms with E-state index in [-0.39, 0.29) is 0 Å². The van der Waals surface area contributed by atoms with E-state index in [1.165, 1.54) is 16.4 Å². The minimum Gasteiger partial charge on any atom is -0.303 e. The summed E-state index contributed by atoms with van der Waals surface area (Å²) in [5, 5.41) is 1.30. The highest BCUT2D eigenvalue weighted by Crippen LogP contribution is 2.28. The zero-order chi connectivity index (χ0) is 13.2. The summed E-state index contributed by atoms with van der Waals surface area (Å²) in [4.78, 5) is 4.51. The number of hydrogen-bond acceptors (Lipinski definition) is 2. The van der Waals surface area contributed by atoms with Gasteiger partial charge in [-0.3, -0.25) is 0 Å². The van der Waals surface area contributed by atoms with Crippen LogP contribution in [0.5, 0.6) is 0 Å². The average molecular weight is 252 g/mol. The van der Waals surface area contributed by atoms with Gasteiger partial charge in [0.15, 0.2) is 0 Å². The van der Waals surface area contributed by atoms with E-state index in [1.807, 2.05) is 0 Å². The molecule has 1 aromatic rings. The van der Waals surface area contributed by atoms with Gasteiger partial charge in [-0.15, -0.1) is 9.24 Å². The first-order valence-electron chi connectivity index (χ1n) is 6.07. The van der Waals surface area contributed by atoms with Crippen molar-refractivity contribution in [3.63, 3.8) is 0 Å². The van der Waals surface area contributed by atoms with Crippen LogP contribution in [-0.2, 0) is 0 Å². The van der Waals surface area contributed by atoms with Crippen LogP contribution in [0.2, 0.25) is 0 Å². The Hall–Kier alpha value is -0.430. The highest BCUT2D eigenvalue weighted by atomic mass is 31.0. The lowest BCUT2D eigenvalue weighted by molar-refractivity contribution is 0.297. The molecule has 3 atom stereocenters. The topological polar surface area (TPSA) is 6.48 Å². The minimum absolute atomic E-state index is 0.432. The maximum Gasteiger partial charge on any atom is 0.0323 e. The lowest BCUT2D eigenvalue weighted by Gasteiger charge is -2.29. The Morgan fingerprint density at radius 2 is 1.47 bits per heavy atom. The molecule has 0 amide bonds. The fraction of sp³-hybridized carbons (Fsp3) is 0.571. The second-order valence-electron chi connectivity index (χ2n) is 5.13. The van der Waals surface area contributed by atoms with Crippen molar-refractivity contribution >= 4 is 14.5 Å². The van der Waals surface area contributed by atoms with Gasteiger partial charge in [0, 0.05) is 12.1 Å². The lowest BCUT2D eigenvalue weighted by atomic mass is 9.95. The van der Waals surface area contributed by atoms with Gasteiger partial charge in [-0.05, 0) is 58.5 Å². The quantitative estimate of drug-likeness (QED) is 0.759. The Labute approximate surface area is 108 Å². The number of nitrogens with zero attached hydrogens (tertiary/aromatic N) is 2. The monoisotopic (exact) mass is 252 g/mol. The highest BCUT2D eigenvalue weighted by molar-refractivity contribution is 7.27. The summed E-state index contributed by atoms with van der Waals surface area (Å²) in [7, 11) is 11.4. The molecular formula is C14H25N2P. The van der Waals surface area contributed by atoms with E-state index in [1.54, 1.807) is 0 Å². The third-order valence-corrected chi connectivity index (χ3v) is 4.09. The van der Waals surface area contributed by atoms with E-state index in [0.29, 0.717) is 12.1 Å². The van der Waals surface area contributed by atoms with Gasteiger partial charge in [-0.2, -0.15) is 0 Å². The van der Waals surface area contributed by atoms with Gasteiger partial charge >= 0.3 is 0 Å². The second-order valence-corrected chi connectivity index (χ2v) is 5.75. The van der Waals surface area contributed by atoms with E-state index in [9.17, 15) is 0 Å². The molecule has 96 valence electrons. The third-order valence-electron chi connectivity index (χ3n) is 3.59. The molecule has 0 aliphatic carbocycles. The first-order valence-corrected chi connectivity index (χ1v) is 6.65. The van der Waals surface area contributed by atoms with Crippen LogP contribution >= 0.6 is 9.24 Å². The van der Waals surface area contributed by atoms with E-state index < -0.39 is 0 Å². The van der Waals surface area contributed by atoms with Gasteiger partial charge in [0.05, 0.1) is 0 Å². The molecule has 0 spiro atoms. The van der Waals surface area contributed by atoms with Crippen LogP contribution in [0.4, 0.5) is 0 Å². The van der Waals surface area contributed by atoms with Gasteiger partial charge in [-0.1, -0.05) is 18.2 Å². The molecule has 0 aromatic heterocycles. The third kappa shape index (κ3) is 3.28. The van der Waals surface area contributed by atoms with Gasteiger partial charge < -0.3 is 9.80 Å². The van der Waals surface area contributed by atoms with E-state index in [0.717, 1.165) is 0 Å². The predicted octanol–water partition coefficient (Wildman–Crippen LogP) is 2.43. The van der Waals surface area contributed by atoms with Crippen LogP contribution in [-0.4, -0.2) is 38.0 Å². The van der Waals surface area contributed by atoms with Crippen molar-refractivity contribution in [1.82, 2.24) is 9.80 Å². The predicted molar refractivity (Wildman–Crippen MR) is 80.0 cm³/mol. The van der Waals surface area contributed by atoms with Crippen molar-refractivity contribution < 1.29 is 0 Å². The first kappa shape index (κ1) is 14.6. The molecule has 0 radical (unpaired) electrons. The molecule has 2 nitrogen and oxygen atoms in total. The summed E-state index contributed by atoms with van der Waals surface area (Å²) in [5.74, 6) is 0. The number of hydrogen-bond donors (Lipinski definition) is 0. The largest absolute Gasteiger partial charge is 0.303 e. The van der Waals surface area contributed by atoms with Crippen LogP contribution in [0.15, 0.2) is 18.2 Å². The van der Waals surface area contributed by atoms with E-state index in [2.05, 4.69) is 79.3 Å². The van der Waals surface area contributed by atoms with E-state index in [4.69, 9.17) is 0 Å². The van der Waals surface area contributed by atoms with Gasteiger partial charge in [0.2, 0.25) is 0 Å². The molecule has 17 heavy (non-hydrogen) atoms. The van der Waals surface area contributed by atoms with Crippen molar-refractivity contribution in [1.29, 1.82) is 0 Å². The van der Waals surface area contributed by atoms with Crippen molar-refractivity contribution in [2.45, 2.75) is 25.9 Å². The minimum atomic E-state index is 0.432. The summed E-state index contributed by atoms with van der Waals surface area (Å²) >= 11 is 0. The van der Waals surface area contributed by atoms with Crippen molar-refractivity contribution in [3.05, 3.63) is 29.3 Å². The fourth-order valence-electron chi connectivity index (χ4n) is 1.98. The Bertz CT molecular complexity index is 374. The molecule has 3 unspecified atom stereocenters. The summed E-state index contributed by atoms with van der Waals surface area (Å²) in [6.45, 7) is 4.51. The first-order chi connectivity index (χ1) is 7.86. The van der Waals surface area contributed by atoms with Crippen LogP contribution < -0.4 is 5.30 Å². The summed E-state index contributed by atoms with van der Waals surface area (Å²) in [6.07, 6.45) is 0. The molecule has 0 heterocycles. The molecule has 0 bridgehead atoms. The lowest BCUT2D eigenvalue weighted by Crippen LogP contribution is -2.26. The molecule has 0 aliphatic rings. The van der Waals surface area contributed by atoms with Gasteiger partial charge in [0.1, 0.15) is 0 Å². The zero-order valence-electron chi connectivity index (χ0n) is 11.9. The van der Waals surface area contributed by atoms with Crippen LogP contribution in [0.3, 0.4) is 0 Å². The summed E-state index contributed by atoms with van der Waals surface area (Å²) in [6, 6.07) is 7.43. The molecule has 0 saturated carbocycles. The molecule has 3 heteroatoms. The molecular weight excluding hydrogens is 227 g/mol. The maximum atomic E-state index is 2.87. The van der Waals surface area contributed by atoms with Gasteiger partial charge in [0.25, 0.3) is 0 Å². The second kappa shape index (κ2) is 5.95. The molecule has 0 fully saturated rings. The fourth-order valence-corrected chi connectivity index (χ4v) is 2.50. The Morgan fingerprint density at radius 3 is 1.94 bits per heavy atom. The molecule has 1 rings (SSSR count). The average Bonchev–Trinajstić information content (AvgIpc) is 2.26. The zero-order valence-corrected chi connectivity index (χ0v) is 13.0. The number of rotatable bonds is 4. The summed E-state index contributed by atoms with van der Waals surface area (Å²) < 4.78 is 0. The molecule has 1 aromatic carbocycles. The Balaban J connectivity index is 3.26. The van der Waals surface area contributed by atoms with Crippen LogP contribution in [0.1, 0.15) is 37.1 Å². The maximum absolute atomic E-state index is 2.87. The Morgan fingerprint density at radius 1 is 0.941 bits per heavy atom.